The van der Waals surface area contributed by atoms with E-state index in [2.05, 4.69) is 42.2 Å². The van der Waals surface area contributed by atoms with Crippen LogP contribution in [0.15, 0.2) is 30.3 Å². The van der Waals surface area contributed by atoms with Gasteiger partial charge in [-0.05, 0) is 12.0 Å². The summed E-state index contributed by atoms with van der Waals surface area (Å²) >= 11 is 0. The van der Waals surface area contributed by atoms with Gasteiger partial charge in [0.25, 0.3) is 0 Å². The number of ether oxygens (including phenoxy) is 1. The average molecular weight is 242 g/mol. The predicted molar refractivity (Wildman–Crippen MR) is 68.9 cm³/mol. The van der Waals surface area contributed by atoms with Crippen LogP contribution in [0.3, 0.4) is 0 Å². The van der Waals surface area contributed by atoms with Crippen LogP contribution in [0.1, 0.15) is 31.4 Å². The highest BCUT2D eigenvalue weighted by Crippen LogP contribution is 2.26. The monoisotopic (exact) mass is 241 g/mol. The van der Waals surface area contributed by atoms with Crippen molar-refractivity contribution >= 4 is 12.4 Å². The number of nitrogens with zero attached hydrogens (tertiary/aromatic N) is 1. The SMILES string of the molecule is CCCC(c1ccccc1)N1CCOC1.Cl. The van der Waals surface area contributed by atoms with Gasteiger partial charge in [0.15, 0.2) is 0 Å². The molecule has 1 fully saturated rings. The van der Waals surface area contributed by atoms with Crippen molar-refractivity contribution in [1.82, 2.24) is 4.90 Å². The Hall–Kier alpha value is -0.570. The number of halogens is 1. The molecular formula is C13H20ClNO. The molecule has 1 saturated heterocycles. The summed E-state index contributed by atoms with van der Waals surface area (Å²) in [5.74, 6) is 0. The van der Waals surface area contributed by atoms with Gasteiger partial charge < -0.3 is 4.74 Å². The van der Waals surface area contributed by atoms with Crippen molar-refractivity contribution < 1.29 is 4.74 Å². The van der Waals surface area contributed by atoms with Crippen LogP contribution in [0.25, 0.3) is 0 Å². The number of rotatable bonds is 4. The maximum absolute atomic E-state index is 5.43. The van der Waals surface area contributed by atoms with Crippen molar-refractivity contribution in [2.24, 2.45) is 0 Å². The molecule has 0 N–H and O–H groups in total. The normalized spacial score (nSPS) is 18.1. The highest BCUT2D eigenvalue weighted by molar-refractivity contribution is 5.85. The molecule has 1 aliphatic heterocycles. The maximum atomic E-state index is 5.43. The number of hydrogen-bond donors (Lipinski definition) is 0. The van der Waals surface area contributed by atoms with E-state index >= 15 is 0 Å². The molecular weight excluding hydrogens is 222 g/mol. The van der Waals surface area contributed by atoms with Gasteiger partial charge in [-0.3, -0.25) is 4.90 Å². The van der Waals surface area contributed by atoms with Crippen LogP contribution >= 0.6 is 12.4 Å². The summed E-state index contributed by atoms with van der Waals surface area (Å²) in [6, 6.07) is 11.3. The van der Waals surface area contributed by atoms with E-state index in [-0.39, 0.29) is 12.4 Å². The fourth-order valence-electron chi connectivity index (χ4n) is 2.18. The minimum atomic E-state index is 0. The Morgan fingerprint density at radius 2 is 2.06 bits per heavy atom. The summed E-state index contributed by atoms with van der Waals surface area (Å²) in [6.45, 7) is 4.99. The second-order valence-electron chi connectivity index (χ2n) is 4.06. The second kappa shape index (κ2) is 6.89. The predicted octanol–water partition coefficient (Wildman–Crippen LogP) is 3.24. The van der Waals surface area contributed by atoms with Crippen molar-refractivity contribution in [2.45, 2.75) is 25.8 Å². The van der Waals surface area contributed by atoms with Gasteiger partial charge in [-0.2, -0.15) is 0 Å². The first kappa shape index (κ1) is 13.5. The van der Waals surface area contributed by atoms with Crippen molar-refractivity contribution in [1.29, 1.82) is 0 Å². The van der Waals surface area contributed by atoms with Gasteiger partial charge in [0.1, 0.15) is 0 Å². The number of hydrogen-bond acceptors (Lipinski definition) is 2. The summed E-state index contributed by atoms with van der Waals surface area (Å²) in [5.41, 5.74) is 1.42. The molecule has 1 aliphatic rings. The molecule has 0 aliphatic carbocycles. The standard InChI is InChI=1S/C13H19NO.ClH/c1-2-6-13(14-9-10-15-11-14)12-7-4-3-5-8-12;/h3-5,7-8,13H,2,6,9-11H2,1H3;1H. The Bertz CT molecular complexity index is 285. The lowest BCUT2D eigenvalue weighted by Gasteiger charge is -2.26. The van der Waals surface area contributed by atoms with Crippen LogP contribution in [0.2, 0.25) is 0 Å². The molecule has 0 saturated carbocycles. The van der Waals surface area contributed by atoms with E-state index < -0.39 is 0 Å². The third kappa shape index (κ3) is 3.21. The number of benzene rings is 1. The van der Waals surface area contributed by atoms with E-state index in [1.165, 1.54) is 18.4 Å². The van der Waals surface area contributed by atoms with Crippen molar-refractivity contribution in [3.63, 3.8) is 0 Å². The molecule has 1 atom stereocenters. The minimum Gasteiger partial charge on any atom is -0.365 e. The molecule has 16 heavy (non-hydrogen) atoms. The molecule has 1 aromatic carbocycles. The molecule has 0 aromatic heterocycles. The maximum Gasteiger partial charge on any atom is 0.0996 e. The van der Waals surface area contributed by atoms with E-state index in [0.717, 1.165) is 19.9 Å². The first-order chi connectivity index (χ1) is 7.42. The van der Waals surface area contributed by atoms with E-state index in [4.69, 9.17) is 4.74 Å². The lowest BCUT2D eigenvalue weighted by atomic mass is 10.0. The minimum absolute atomic E-state index is 0. The first-order valence-electron chi connectivity index (χ1n) is 5.78. The lowest BCUT2D eigenvalue weighted by molar-refractivity contribution is 0.110. The van der Waals surface area contributed by atoms with Gasteiger partial charge in [-0.25, -0.2) is 0 Å². The quantitative estimate of drug-likeness (QED) is 0.803. The summed E-state index contributed by atoms with van der Waals surface area (Å²) < 4.78 is 5.43. The summed E-state index contributed by atoms with van der Waals surface area (Å²) in [5, 5.41) is 0. The highest BCUT2D eigenvalue weighted by Gasteiger charge is 2.22. The molecule has 0 amide bonds. The zero-order valence-electron chi connectivity index (χ0n) is 9.76. The van der Waals surface area contributed by atoms with Gasteiger partial charge >= 0.3 is 0 Å². The molecule has 90 valence electrons. The fourth-order valence-corrected chi connectivity index (χ4v) is 2.18. The molecule has 1 unspecified atom stereocenters. The van der Waals surface area contributed by atoms with Crippen LogP contribution in [-0.2, 0) is 4.74 Å². The Labute approximate surface area is 104 Å². The molecule has 1 aromatic rings. The molecule has 0 bridgehead atoms. The van der Waals surface area contributed by atoms with Crippen molar-refractivity contribution in [3.8, 4) is 0 Å². The lowest BCUT2D eigenvalue weighted by Crippen LogP contribution is -2.26. The zero-order valence-corrected chi connectivity index (χ0v) is 10.6. The summed E-state index contributed by atoms with van der Waals surface area (Å²) in [7, 11) is 0. The molecule has 2 rings (SSSR count). The first-order valence-corrected chi connectivity index (χ1v) is 5.78. The second-order valence-corrected chi connectivity index (χ2v) is 4.06. The van der Waals surface area contributed by atoms with E-state index in [1.807, 2.05) is 0 Å². The third-order valence-corrected chi connectivity index (χ3v) is 2.97. The molecule has 2 nitrogen and oxygen atoms in total. The average Bonchev–Trinajstić information content (AvgIpc) is 2.80. The van der Waals surface area contributed by atoms with Crippen LogP contribution in [0, 0.1) is 0 Å². The van der Waals surface area contributed by atoms with Crippen LogP contribution in [-0.4, -0.2) is 24.8 Å². The Morgan fingerprint density at radius 1 is 1.31 bits per heavy atom. The smallest absolute Gasteiger partial charge is 0.0996 e. The van der Waals surface area contributed by atoms with Crippen LogP contribution < -0.4 is 0 Å². The van der Waals surface area contributed by atoms with Crippen molar-refractivity contribution in [3.05, 3.63) is 35.9 Å². The summed E-state index contributed by atoms with van der Waals surface area (Å²) in [6.07, 6.45) is 2.43. The van der Waals surface area contributed by atoms with Gasteiger partial charge in [0, 0.05) is 12.6 Å². The summed E-state index contributed by atoms with van der Waals surface area (Å²) in [4.78, 5) is 2.43. The third-order valence-electron chi connectivity index (χ3n) is 2.97. The van der Waals surface area contributed by atoms with Crippen molar-refractivity contribution in [2.75, 3.05) is 19.9 Å². The fraction of sp³-hybridized carbons (Fsp3) is 0.538. The zero-order chi connectivity index (χ0) is 10.5. The Kier molecular flexibility index (Phi) is 5.81. The van der Waals surface area contributed by atoms with Crippen LogP contribution in [0.5, 0.6) is 0 Å². The van der Waals surface area contributed by atoms with E-state index in [9.17, 15) is 0 Å². The van der Waals surface area contributed by atoms with Gasteiger partial charge in [-0.15, -0.1) is 12.4 Å². The van der Waals surface area contributed by atoms with E-state index in [1.54, 1.807) is 0 Å². The molecule has 0 spiro atoms. The van der Waals surface area contributed by atoms with E-state index in [0.29, 0.717) is 6.04 Å². The Morgan fingerprint density at radius 3 is 2.62 bits per heavy atom. The molecule has 0 radical (unpaired) electrons. The van der Waals surface area contributed by atoms with Crippen LogP contribution in [0.4, 0.5) is 0 Å². The van der Waals surface area contributed by atoms with Gasteiger partial charge in [0.05, 0.1) is 13.3 Å². The highest BCUT2D eigenvalue weighted by atomic mass is 35.5. The largest absolute Gasteiger partial charge is 0.365 e. The molecule has 1 heterocycles. The topological polar surface area (TPSA) is 12.5 Å². The van der Waals surface area contributed by atoms with Gasteiger partial charge in [0.2, 0.25) is 0 Å². The molecule has 3 heteroatoms. The Balaban J connectivity index is 0.00000128. The van der Waals surface area contributed by atoms with Gasteiger partial charge in [-0.1, -0.05) is 43.7 Å².